The number of nitrogens with zero attached hydrogens (tertiary/aromatic N) is 2. The molecule has 3 rings (SSSR count). The Labute approximate surface area is 151 Å². The molecule has 0 spiro atoms. The highest BCUT2D eigenvalue weighted by Gasteiger charge is 2.25. The van der Waals surface area contributed by atoms with Gasteiger partial charge in [0.1, 0.15) is 15.7 Å². The van der Waals surface area contributed by atoms with Crippen molar-refractivity contribution in [3.63, 3.8) is 0 Å². The molecule has 130 valence electrons. The van der Waals surface area contributed by atoms with Gasteiger partial charge in [0.15, 0.2) is 0 Å². The van der Waals surface area contributed by atoms with E-state index in [0.29, 0.717) is 0 Å². The van der Waals surface area contributed by atoms with Gasteiger partial charge in [-0.15, -0.1) is 11.3 Å². The number of hydrogen-bond donors (Lipinski definition) is 1. The molecule has 0 saturated heterocycles. The van der Waals surface area contributed by atoms with Crippen molar-refractivity contribution in [1.29, 1.82) is 0 Å². The number of carbonyl (C=O) groups excluding carboxylic acids is 1. The van der Waals surface area contributed by atoms with Crippen LogP contribution < -0.4 is 5.32 Å². The lowest BCUT2D eigenvalue weighted by Gasteiger charge is -2.23. The smallest absolute Gasteiger partial charge is 0.233 e. The van der Waals surface area contributed by atoms with E-state index in [0.717, 1.165) is 28.5 Å². The molecule has 1 aliphatic rings. The van der Waals surface area contributed by atoms with Crippen LogP contribution in [0.4, 0.5) is 0 Å². The predicted molar refractivity (Wildman–Crippen MR) is 102 cm³/mol. The van der Waals surface area contributed by atoms with Gasteiger partial charge in [-0.3, -0.25) is 4.79 Å². The Hall–Kier alpha value is -1.14. The average molecular weight is 364 g/mol. The zero-order valence-corrected chi connectivity index (χ0v) is 16.7. The van der Waals surface area contributed by atoms with E-state index in [1.807, 2.05) is 46.0 Å². The minimum absolute atomic E-state index is 0.0565. The van der Waals surface area contributed by atoms with Crippen LogP contribution in [-0.4, -0.2) is 26.7 Å². The van der Waals surface area contributed by atoms with E-state index in [1.165, 1.54) is 28.7 Å². The van der Waals surface area contributed by atoms with E-state index in [1.54, 1.807) is 11.8 Å². The summed E-state index contributed by atoms with van der Waals surface area (Å²) in [6.07, 6.45) is 4.76. The van der Waals surface area contributed by atoms with E-state index in [4.69, 9.17) is 0 Å². The van der Waals surface area contributed by atoms with Gasteiger partial charge < -0.3 is 5.32 Å². The summed E-state index contributed by atoms with van der Waals surface area (Å²) in [5.41, 5.74) is 1.21. The molecule has 0 unspecified atom stereocenters. The number of amides is 1. The third-order valence-electron chi connectivity index (χ3n) is 4.05. The molecular formula is C18H25N3OS2. The summed E-state index contributed by atoms with van der Waals surface area (Å²) < 4.78 is 0. The van der Waals surface area contributed by atoms with Crippen molar-refractivity contribution in [1.82, 2.24) is 15.3 Å². The van der Waals surface area contributed by atoms with Gasteiger partial charge in [0.2, 0.25) is 5.91 Å². The van der Waals surface area contributed by atoms with Crippen LogP contribution >= 0.6 is 23.1 Å². The second kappa shape index (κ2) is 6.64. The molecule has 1 aliphatic carbocycles. The number of fused-ring (bicyclic) bond motifs is 3. The van der Waals surface area contributed by atoms with Crippen molar-refractivity contribution in [2.75, 3.05) is 0 Å². The van der Waals surface area contributed by atoms with Crippen LogP contribution in [0.5, 0.6) is 0 Å². The van der Waals surface area contributed by atoms with Gasteiger partial charge in [-0.2, -0.15) is 0 Å². The first-order chi connectivity index (χ1) is 11.2. The highest BCUT2D eigenvalue weighted by molar-refractivity contribution is 8.00. The molecule has 6 heteroatoms. The Morgan fingerprint density at radius 1 is 1.25 bits per heavy atom. The van der Waals surface area contributed by atoms with E-state index in [-0.39, 0.29) is 16.7 Å². The summed E-state index contributed by atoms with van der Waals surface area (Å²) in [7, 11) is 0. The Bertz CT molecular complexity index is 777. The zero-order chi connectivity index (χ0) is 17.5. The van der Waals surface area contributed by atoms with Gasteiger partial charge in [-0.25, -0.2) is 9.97 Å². The standard InChI is InChI=1S/C18H25N3OS2/c1-10(15(22)21-18(3,4)5)23-16-14-12-8-6-7-9-13(12)24-17(14)20-11(2)19-16/h10H,6-9H2,1-5H3,(H,21,22)/t10-/m1/s1. The number of nitrogens with one attached hydrogen (secondary N) is 1. The van der Waals surface area contributed by atoms with Crippen molar-refractivity contribution in [3.05, 3.63) is 16.3 Å². The van der Waals surface area contributed by atoms with Crippen molar-refractivity contribution in [3.8, 4) is 0 Å². The second-order valence-corrected chi connectivity index (χ2v) is 9.88. The second-order valence-electron chi connectivity index (χ2n) is 7.47. The molecule has 1 N–H and O–H groups in total. The maximum absolute atomic E-state index is 12.4. The van der Waals surface area contributed by atoms with E-state index < -0.39 is 0 Å². The molecule has 2 aromatic rings. The van der Waals surface area contributed by atoms with E-state index >= 15 is 0 Å². The monoisotopic (exact) mass is 363 g/mol. The van der Waals surface area contributed by atoms with Gasteiger partial charge in [0, 0.05) is 15.8 Å². The van der Waals surface area contributed by atoms with Gasteiger partial charge in [-0.1, -0.05) is 11.8 Å². The Kier molecular flexibility index (Phi) is 4.89. The normalized spacial score (nSPS) is 16.0. The number of rotatable bonds is 3. The molecule has 1 amide bonds. The first kappa shape index (κ1) is 17.7. The van der Waals surface area contributed by atoms with E-state index in [9.17, 15) is 4.79 Å². The van der Waals surface area contributed by atoms with Crippen molar-refractivity contribution < 1.29 is 4.79 Å². The molecule has 0 bridgehead atoms. The van der Waals surface area contributed by atoms with Crippen molar-refractivity contribution >= 4 is 39.2 Å². The molecular weight excluding hydrogens is 338 g/mol. The van der Waals surface area contributed by atoms with Crippen LogP contribution in [0, 0.1) is 6.92 Å². The van der Waals surface area contributed by atoms with Gasteiger partial charge in [-0.05, 0) is 65.9 Å². The van der Waals surface area contributed by atoms with Crippen LogP contribution in [0.15, 0.2) is 5.03 Å². The summed E-state index contributed by atoms with van der Waals surface area (Å²) in [5, 5.41) is 5.04. The number of thioether (sulfide) groups is 1. The van der Waals surface area contributed by atoms with Crippen LogP contribution in [0.3, 0.4) is 0 Å². The molecule has 4 nitrogen and oxygen atoms in total. The molecule has 0 aromatic carbocycles. The summed E-state index contributed by atoms with van der Waals surface area (Å²) in [6, 6.07) is 0. The SMILES string of the molecule is Cc1nc(S[C@H](C)C(=O)NC(C)(C)C)c2c3c(sc2n1)CCCC3. The fourth-order valence-electron chi connectivity index (χ4n) is 3.00. The third-order valence-corrected chi connectivity index (χ3v) is 6.32. The van der Waals surface area contributed by atoms with Crippen LogP contribution in [0.25, 0.3) is 10.2 Å². The van der Waals surface area contributed by atoms with Crippen molar-refractivity contribution in [2.24, 2.45) is 0 Å². The van der Waals surface area contributed by atoms with Crippen LogP contribution in [-0.2, 0) is 17.6 Å². The minimum Gasteiger partial charge on any atom is -0.351 e. The summed E-state index contributed by atoms with van der Waals surface area (Å²) in [4.78, 5) is 24.3. The summed E-state index contributed by atoms with van der Waals surface area (Å²) in [5.74, 6) is 0.841. The molecule has 2 heterocycles. The number of aryl methyl sites for hydroxylation is 3. The Balaban J connectivity index is 1.94. The lowest BCUT2D eigenvalue weighted by Crippen LogP contribution is -2.44. The average Bonchev–Trinajstić information content (AvgIpc) is 2.83. The van der Waals surface area contributed by atoms with Gasteiger partial charge >= 0.3 is 0 Å². The summed E-state index contributed by atoms with van der Waals surface area (Å²) >= 11 is 3.37. The lowest BCUT2D eigenvalue weighted by molar-refractivity contribution is -0.121. The lowest BCUT2D eigenvalue weighted by atomic mass is 9.97. The molecule has 0 radical (unpaired) electrons. The maximum atomic E-state index is 12.4. The van der Waals surface area contributed by atoms with Crippen LogP contribution in [0.1, 0.15) is 56.8 Å². The predicted octanol–water partition coefficient (Wildman–Crippen LogP) is 4.27. The first-order valence-corrected chi connectivity index (χ1v) is 10.2. The highest BCUT2D eigenvalue weighted by Crippen LogP contribution is 2.40. The Morgan fingerprint density at radius 2 is 1.96 bits per heavy atom. The highest BCUT2D eigenvalue weighted by atomic mass is 32.2. The zero-order valence-electron chi connectivity index (χ0n) is 15.0. The molecule has 0 saturated carbocycles. The van der Waals surface area contributed by atoms with Gasteiger partial charge in [0.05, 0.1) is 5.25 Å². The molecule has 0 aliphatic heterocycles. The van der Waals surface area contributed by atoms with Gasteiger partial charge in [0.25, 0.3) is 0 Å². The number of carbonyl (C=O) groups is 1. The maximum Gasteiger partial charge on any atom is 0.233 e. The molecule has 24 heavy (non-hydrogen) atoms. The number of hydrogen-bond acceptors (Lipinski definition) is 5. The molecule has 0 fully saturated rings. The fourth-order valence-corrected chi connectivity index (χ4v) is 5.40. The number of thiophene rings is 1. The third kappa shape index (κ3) is 3.75. The fraction of sp³-hybridized carbons (Fsp3) is 0.611. The first-order valence-electron chi connectivity index (χ1n) is 8.52. The summed E-state index contributed by atoms with van der Waals surface area (Å²) in [6.45, 7) is 9.90. The molecule has 1 atom stereocenters. The quantitative estimate of drug-likeness (QED) is 0.653. The van der Waals surface area contributed by atoms with Crippen LogP contribution in [0.2, 0.25) is 0 Å². The minimum atomic E-state index is -0.218. The van der Waals surface area contributed by atoms with Crippen molar-refractivity contribution in [2.45, 2.75) is 76.1 Å². The number of aromatic nitrogens is 2. The van der Waals surface area contributed by atoms with E-state index in [2.05, 4.69) is 15.3 Å². The molecule has 2 aromatic heterocycles. The largest absolute Gasteiger partial charge is 0.351 e. The Morgan fingerprint density at radius 3 is 2.67 bits per heavy atom. The topological polar surface area (TPSA) is 54.9 Å².